The summed E-state index contributed by atoms with van der Waals surface area (Å²) in [4.78, 5) is 14.2. The summed E-state index contributed by atoms with van der Waals surface area (Å²) in [5, 5.41) is 3.39. The van der Waals surface area contributed by atoms with Crippen LogP contribution in [0.3, 0.4) is 0 Å². The highest BCUT2D eigenvalue weighted by atomic mass is 16.2. The number of rotatable bonds is 2. The van der Waals surface area contributed by atoms with Crippen LogP contribution in [0, 0.1) is 0 Å². The fourth-order valence-electron chi connectivity index (χ4n) is 2.28. The molecule has 1 aliphatic rings. The van der Waals surface area contributed by atoms with Gasteiger partial charge in [0.1, 0.15) is 0 Å². The molecule has 3 heteroatoms. The number of nitrogens with zero attached hydrogens (tertiary/aromatic N) is 1. The molecule has 2 rings (SSSR count). The molecule has 1 heterocycles. The number of amides is 1. The average molecular weight is 232 g/mol. The maximum atomic E-state index is 12.2. The smallest absolute Gasteiger partial charge is 0.227 e. The average Bonchev–Trinajstić information content (AvgIpc) is 2.34. The Balaban J connectivity index is 2.00. The van der Waals surface area contributed by atoms with Crippen LogP contribution >= 0.6 is 0 Å². The van der Waals surface area contributed by atoms with Gasteiger partial charge < -0.3 is 10.2 Å². The van der Waals surface area contributed by atoms with E-state index in [2.05, 4.69) is 19.2 Å². The molecule has 0 aromatic heterocycles. The van der Waals surface area contributed by atoms with Gasteiger partial charge >= 0.3 is 0 Å². The Hall–Kier alpha value is -1.35. The van der Waals surface area contributed by atoms with Crippen LogP contribution in [0.2, 0.25) is 0 Å². The minimum absolute atomic E-state index is 0.233. The molecule has 92 valence electrons. The molecule has 1 fully saturated rings. The number of piperazine rings is 1. The van der Waals surface area contributed by atoms with Crippen LogP contribution in [0.15, 0.2) is 30.3 Å². The Labute approximate surface area is 103 Å². The number of hydrogen-bond acceptors (Lipinski definition) is 2. The van der Waals surface area contributed by atoms with Crippen molar-refractivity contribution in [1.82, 2.24) is 10.2 Å². The van der Waals surface area contributed by atoms with E-state index in [1.165, 1.54) is 0 Å². The molecule has 2 atom stereocenters. The zero-order chi connectivity index (χ0) is 12.3. The van der Waals surface area contributed by atoms with Crippen molar-refractivity contribution in [3.8, 4) is 0 Å². The molecule has 1 aromatic carbocycles. The quantitative estimate of drug-likeness (QED) is 0.837. The molecule has 1 saturated heterocycles. The summed E-state index contributed by atoms with van der Waals surface area (Å²) >= 11 is 0. The Morgan fingerprint density at radius 3 is 2.76 bits per heavy atom. The number of hydrogen-bond donors (Lipinski definition) is 1. The molecule has 17 heavy (non-hydrogen) atoms. The van der Waals surface area contributed by atoms with Gasteiger partial charge in [-0.25, -0.2) is 0 Å². The van der Waals surface area contributed by atoms with Gasteiger partial charge in [-0.05, 0) is 19.4 Å². The lowest BCUT2D eigenvalue weighted by molar-refractivity contribution is -0.134. The molecule has 3 nitrogen and oxygen atoms in total. The van der Waals surface area contributed by atoms with Crippen LogP contribution in [0.25, 0.3) is 0 Å². The van der Waals surface area contributed by atoms with E-state index in [0.29, 0.717) is 12.5 Å². The van der Waals surface area contributed by atoms with Crippen molar-refractivity contribution in [1.29, 1.82) is 0 Å². The van der Waals surface area contributed by atoms with Crippen molar-refractivity contribution in [3.63, 3.8) is 0 Å². The van der Waals surface area contributed by atoms with Gasteiger partial charge in [-0.3, -0.25) is 4.79 Å². The van der Waals surface area contributed by atoms with Gasteiger partial charge in [0.2, 0.25) is 5.91 Å². The van der Waals surface area contributed by atoms with E-state index in [9.17, 15) is 4.79 Å². The molecule has 0 bridgehead atoms. The molecule has 2 unspecified atom stereocenters. The van der Waals surface area contributed by atoms with Crippen molar-refractivity contribution >= 4 is 5.91 Å². The number of nitrogens with one attached hydrogen (secondary N) is 1. The summed E-state index contributed by atoms with van der Waals surface area (Å²) in [5.74, 6) is 0.233. The van der Waals surface area contributed by atoms with Crippen molar-refractivity contribution in [2.45, 2.75) is 32.4 Å². The standard InChI is InChI=1S/C14H20N2O/c1-11-12(2)16(9-8-15-11)14(17)10-13-6-4-3-5-7-13/h3-7,11-12,15H,8-10H2,1-2H3. The summed E-state index contributed by atoms with van der Waals surface area (Å²) in [6.07, 6.45) is 0.512. The zero-order valence-corrected chi connectivity index (χ0v) is 10.5. The van der Waals surface area contributed by atoms with E-state index in [-0.39, 0.29) is 11.9 Å². The van der Waals surface area contributed by atoms with E-state index in [4.69, 9.17) is 0 Å². The first-order chi connectivity index (χ1) is 8.18. The van der Waals surface area contributed by atoms with Crippen LogP contribution in [-0.2, 0) is 11.2 Å². The molecule has 0 aliphatic carbocycles. The highest BCUT2D eigenvalue weighted by molar-refractivity contribution is 5.79. The highest BCUT2D eigenvalue weighted by Gasteiger charge is 2.27. The third-order valence-corrected chi connectivity index (χ3v) is 3.55. The van der Waals surface area contributed by atoms with E-state index in [1.807, 2.05) is 35.2 Å². The highest BCUT2D eigenvalue weighted by Crippen LogP contribution is 2.11. The molecule has 1 amide bonds. The van der Waals surface area contributed by atoms with Crippen molar-refractivity contribution in [2.75, 3.05) is 13.1 Å². The second kappa shape index (κ2) is 5.32. The molecule has 0 spiro atoms. The topological polar surface area (TPSA) is 32.3 Å². The minimum Gasteiger partial charge on any atom is -0.337 e. The molecule has 1 aliphatic heterocycles. The van der Waals surface area contributed by atoms with Gasteiger partial charge in [-0.1, -0.05) is 30.3 Å². The Morgan fingerprint density at radius 2 is 2.06 bits per heavy atom. The monoisotopic (exact) mass is 232 g/mol. The normalized spacial score (nSPS) is 24.7. The maximum absolute atomic E-state index is 12.2. The van der Waals surface area contributed by atoms with E-state index in [0.717, 1.165) is 18.7 Å². The first-order valence-electron chi connectivity index (χ1n) is 6.25. The summed E-state index contributed by atoms with van der Waals surface area (Å²) in [6.45, 7) is 5.95. The summed E-state index contributed by atoms with van der Waals surface area (Å²) in [6, 6.07) is 10.6. The first kappa shape index (κ1) is 12.1. The molecular weight excluding hydrogens is 212 g/mol. The largest absolute Gasteiger partial charge is 0.337 e. The Kier molecular flexibility index (Phi) is 3.79. The van der Waals surface area contributed by atoms with E-state index >= 15 is 0 Å². The number of carbonyl (C=O) groups is 1. The van der Waals surface area contributed by atoms with Crippen LogP contribution < -0.4 is 5.32 Å². The van der Waals surface area contributed by atoms with Crippen molar-refractivity contribution in [2.24, 2.45) is 0 Å². The van der Waals surface area contributed by atoms with Gasteiger partial charge in [-0.2, -0.15) is 0 Å². The lowest BCUT2D eigenvalue weighted by Crippen LogP contribution is -2.57. The van der Waals surface area contributed by atoms with Gasteiger partial charge in [0.25, 0.3) is 0 Å². The lowest BCUT2D eigenvalue weighted by atomic mass is 10.1. The van der Waals surface area contributed by atoms with E-state index in [1.54, 1.807) is 0 Å². The summed E-state index contributed by atoms with van der Waals surface area (Å²) < 4.78 is 0. The minimum atomic E-state index is 0.233. The van der Waals surface area contributed by atoms with Gasteiger partial charge in [-0.15, -0.1) is 0 Å². The van der Waals surface area contributed by atoms with Gasteiger partial charge in [0, 0.05) is 25.2 Å². The fourth-order valence-corrected chi connectivity index (χ4v) is 2.28. The van der Waals surface area contributed by atoms with Crippen LogP contribution in [0.4, 0.5) is 0 Å². The molecule has 0 radical (unpaired) electrons. The molecular formula is C14H20N2O. The van der Waals surface area contributed by atoms with Crippen LogP contribution in [0.5, 0.6) is 0 Å². The zero-order valence-electron chi connectivity index (χ0n) is 10.5. The first-order valence-corrected chi connectivity index (χ1v) is 6.25. The SMILES string of the molecule is CC1NCCN(C(=O)Cc2ccccc2)C1C. The Morgan fingerprint density at radius 1 is 1.35 bits per heavy atom. The van der Waals surface area contributed by atoms with E-state index < -0.39 is 0 Å². The summed E-state index contributed by atoms with van der Waals surface area (Å²) in [5.41, 5.74) is 1.09. The predicted octanol–water partition coefficient (Wildman–Crippen LogP) is 1.44. The Bertz CT molecular complexity index is 377. The van der Waals surface area contributed by atoms with Crippen LogP contribution in [-0.4, -0.2) is 36.0 Å². The molecule has 1 aromatic rings. The third kappa shape index (κ3) is 2.86. The molecule has 0 saturated carbocycles. The lowest BCUT2D eigenvalue weighted by Gasteiger charge is -2.38. The predicted molar refractivity (Wildman–Crippen MR) is 68.8 cm³/mol. The van der Waals surface area contributed by atoms with Crippen molar-refractivity contribution in [3.05, 3.63) is 35.9 Å². The molecule has 1 N–H and O–H groups in total. The third-order valence-electron chi connectivity index (χ3n) is 3.55. The number of benzene rings is 1. The second-order valence-electron chi connectivity index (χ2n) is 4.73. The second-order valence-corrected chi connectivity index (χ2v) is 4.73. The van der Waals surface area contributed by atoms with Crippen molar-refractivity contribution < 1.29 is 4.79 Å². The van der Waals surface area contributed by atoms with Crippen LogP contribution in [0.1, 0.15) is 19.4 Å². The number of carbonyl (C=O) groups excluding carboxylic acids is 1. The summed E-state index contributed by atoms with van der Waals surface area (Å²) in [7, 11) is 0. The van der Waals surface area contributed by atoms with Gasteiger partial charge in [0.15, 0.2) is 0 Å². The van der Waals surface area contributed by atoms with Gasteiger partial charge in [0.05, 0.1) is 6.42 Å². The maximum Gasteiger partial charge on any atom is 0.227 e. The fraction of sp³-hybridized carbons (Fsp3) is 0.500.